The van der Waals surface area contributed by atoms with E-state index in [2.05, 4.69) is 10.00 Å². The molecule has 7 heteroatoms. The van der Waals surface area contributed by atoms with Crippen LogP contribution in [0.3, 0.4) is 0 Å². The van der Waals surface area contributed by atoms with E-state index in [-0.39, 0.29) is 11.3 Å². The number of benzene rings is 1. The van der Waals surface area contributed by atoms with Crippen molar-refractivity contribution < 1.29 is 14.6 Å². The molecule has 1 N–H and O–H groups in total. The number of carboxylic acids is 1. The molecular formula is C19H22ClN3O3. The fraction of sp³-hybridized carbons (Fsp3) is 0.474. The van der Waals surface area contributed by atoms with Gasteiger partial charge in [0.1, 0.15) is 0 Å². The summed E-state index contributed by atoms with van der Waals surface area (Å²) in [6, 6.07) is 7.58. The zero-order valence-electron chi connectivity index (χ0n) is 14.5. The number of rotatable bonds is 4. The maximum atomic E-state index is 11.8. The average Bonchev–Trinajstić information content (AvgIpc) is 3.21. The van der Waals surface area contributed by atoms with Crippen molar-refractivity contribution in [2.45, 2.75) is 19.4 Å². The predicted molar refractivity (Wildman–Crippen MR) is 97.5 cm³/mol. The molecule has 6 nitrogen and oxygen atoms in total. The van der Waals surface area contributed by atoms with Gasteiger partial charge < -0.3 is 9.84 Å². The molecule has 0 saturated carbocycles. The molecule has 1 aromatic heterocycles. The van der Waals surface area contributed by atoms with Crippen LogP contribution in [0, 0.1) is 11.3 Å². The first kappa shape index (κ1) is 17.5. The lowest BCUT2D eigenvalue weighted by molar-refractivity contribution is -0.147. The van der Waals surface area contributed by atoms with Crippen molar-refractivity contribution in [3.05, 3.63) is 47.2 Å². The van der Waals surface area contributed by atoms with Gasteiger partial charge in [-0.05, 0) is 25.0 Å². The maximum absolute atomic E-state index is 11.8. The van der Waals surface area contributed by atoms with Crippen LogP contribution in [-0.4, -0.2) is 52.1 Å². The first-order valence-electron chi connectivity index (χ1n) is 8.89. The van der Waals surface area contributed by atoms with Crippen LogP contribution in [0.1, 0.15) is 18.4 Å². The number of carbonyl (C=O) groups is 1. The molecule has 4 rings (SSSR count). The van der Waals surface area contributed by atoms with Crippen LogP contribution in [0.4, 0.5) is 0 Å². The molecule has 0 amide bonds. The molecule has 0 aliphatic carbocycles. The molecule has 1 atom stereocenters. The van der Waals surface area contributed by atoms with Gasteiger partial charge in [0.15, 0.2) is 0 Å². The molecule has 1 aromatic carbocycles. The lowest BCUT2D eigenvalue weighted by Crippen LogP contribution is -2.40. The van der Waals surface area contributed by atoms with E-state index in [1.807, 2.05) is 36.7 Å². The average molecular weight is 376 g/mol. The van der Waals surface area contributed by atoms with Crippen LogP contribution in [0.25, 0.3) is 5.69 Å². The number of nitrogens with zero attached hydrogens (tertiary/aromatic N) is 3. The second-order valence-corrected chi connectivity index (χ2v) is 7.69. The fourth-order valence-corrected chi connectivity index (χ4v) is 4.51. The van der Waals surface area contributed by atoms with Crippen molar-refractivity contribution in [3.8, 4) is 5.69 Å². The number of hydrogen-bond acceptors (Lipinski definition) is 4. The molecule has 1 spiro atoms. The van der Waals surface area contributed by atoms with Crippen LogP contribution in [-0.2, 0) is 16.1 Å². The number of para-hydroxylation sites is 1. The molecule has 2 aliphatic heterocycles. The summed E-state index contributed by atoms with van der Waals surface area (Å²) in [5.41, 5.74) is 1.73. The Morgan fingerprint density at radius 3 is 2.85 bits per heavy atom. The third-order valence-electron chi connectivity index (χ3n) is 5.65. The van der Waals surface area contributed by atoms with E-state index in [1.165, 1.54) is 0 Å². The number of ether oxygens (including phenoxy) is 1. The van der Waals surface area contributed by atoms with Crippen molar-refractivity contribution in [1.82, 2.24) is 14.7 Å². The molecule has 138 valence electrons. The van der Waals surface area contributed by atoms with Gasteiger partial charge in [-0.3, -0.25) is 9.69 Å². The monoisotopic (exact) mass is 375 g/mol. The lowest BCUT2D eigenvalue weighted by Gasteiger charge is -2.36. The largest absolute Gasteiger partial charge is 0.481 e. The van der Waals surface area contributed by atoms with Crippen LogP contribution in [0.15, 0.2) is 36.7 Å². The highest BCUT2D eigenvalue weighted by Crippen LogP contribution is 2.44. The van der Waals surface area contributed by atoms with Crippen LogP contribution >= 0.6 is 11.6 Å². The van der Waals surface area contributed by atoms with E-state index in [4.69, 9.17) is 16.3 Å². The first-order valence-corrected chi connectivity index (χ1v) is 9.27. The number of halogens is 1. The second kappa shape index (κ2) is 7.02. The molecule has 2 aliphatic rings. The maximum Gasteiger partial charge on any atom is 0.308 e. The van der Waals surface area contributed by atoms with Crippen molar-refractivity contribution in [2.24, 2.45) is 11.3 Å². The minimum atomic E-state index is -0.693. The second-order valence-electron chi connectivity index (χ2n) is 7.28. The Morgan fingerprint density at radius 1 is 1.35 bits per heavy atom. The smallest absolute Gasteiger partial charge is 0.308 e. The highest BCUT2D eigenvalue weighted by molar-refractivity contribution is 6.32. The third kappa shape index (κ3) is 3.24. The van der Waals surface area contributed by atoms with Crippen LogP contribution < -0.4 is 0 Å². The quantitative estimate of drug-likeness (QED) is 0.890. The summed E-state index contributed by atoms with van der Waals surface area (Å²) in [5.74, 6) is -1.02. The van der Waals surface area contributed by atoms with Crippen molar-refractivity contribution in [1.29, 1.82) is 0 Å². The third-order valence-corrected chi connectivity index (χ3v) is 5.97. The zero-order valence-corrected chi connectivity index (χ0v) is 15.2. The molecule has 2 saturated heterocycles. The Balaban J connectivity index is 1.50. The van der Waals surface area contributed by atoms with Crippen molar-refractivity contribution >= 4 is 17.6 Å². The minimum absolute atomic E-state index is 0.164. The highest BCUT2D eigenvalue weighted by Gasteiger charge is 2.50. The Labute approximate surface area is 157 Å². The SMILES string of the molecule is O=C(O)C1CN(Cc2cnn(-c3ccccc3Cl)c2)CC12CCOCC2. The van der Waals surface area contributed by atoms with E-state index in [0.717, 1.165) is 30.6 Å². The topological polar surface area (TPSA) is 67.6 Å². The van der Waals surface area contributed by atoms with E-state index >= 15 is 0 Å². The molecule has 26 heavy (non-hydrogen) atoms. The summed E-state index contributed by atoms with van der Waals surface area (Å²) < 4.78 is 7.23. The summed E-state index contributed by atoms with van der Waals surface area (Å²) >= 11 is 6.24. The van der Waals surface area contributed by atoms with Gasteiger partial charge in [-0.15, -0.1) is 0 Å². The number of carboxylic acid groups (broad SMARTS) is 1. The van der Waals surface area contributed by atoms with Gasteiger partial charge in [0, 0.05) is 50.0 Å². The van der Waals surface area contributed by atoms with Gasteiger partial charge in [-0.25, -0.2) is 4.68 Å². The van der Waals surface area contributed by atoms with E-state index in [0.29, 0.717) is 31.3 Å². The van der Waals surface area contributed by atoms with Gasteiger partial charge in [0.05, 0.1) is 22.8 Å². The standard InChI is InChI=1S/C19H22ClN3O3/c20-16-3-1-2-4-17(16)23-11-14(9-21-23)10-22-12-15(18(24)25)19(13-22)5-7-26-8-6-19/h1-4,9,11,15H,5-8,10,12-13H2,(H,24,25). The summed E-state index contributed by atoms with van der Waals surface area (Å²) in [4.78, 5) is 14.0. The van der Waals surface area contributed by atoms with Gasteiger partial charge in [-0.2, -0.15) is 5.10 Å². The van der Waals surface area contributed by atoms with Gasteiger partial charge in [0.25, 0.3) is 0 Å². The van der Waals surface area contributed by atoms with Crippen LogP contribution in [0.2, 0.25) is 5.02 Å². The summed E-state index contributed by atoms with van der Waals surface area (Å²) in [6.45, 7) is 3.37. The summed E-state index contributed by atoms with van der Waals surface area (Å²) in [5, 5.41) is 14.8. The van der Waals surface area contributed by atoms with Gasteiger partial charge in [-0.1, -0.05) is 23.7 Å². The molecule has 2 fully saturated rings. The van der Waals surface area contributed by atoms with Gasteiger partial charge >= 0.3 is 5.97 Å². The van der Waals surface area contributed by atoms with E-state index < -0.39 is 5.97 Å². The number of likely N-dealkylation sites (tertiary alicyclic amines) is 1. The summed E-state index contributed by atoms with van der Waals surface area (Å²) in [7, 11) is 0. The minimum Gasteiger partial charge on any atom is -0.481 e. The Morgan fingerprint density at radius 2 is 2.12 bits per heavy atom. The highest BCUT2D eigenvalue weighted by atomic mass is 35.5. The number of aliphatic carboxylic acids is 1. The van der Waals surface area contributed by atoms with Crippen LogP contribution in [0.5, 0.6) is 0 Å². The first-order chi connectivity index (χ1) is 12.6. The molecule has 3 heterocycles. The normalized spacial score (nSPS) is 22.7. The van der Waals surface area contributed by atoms with E-state index in [1.54, 1.807) is 4.68 Å². The molecule has 2 aromatic rings. The molecule has 1 unspecified atom stereocenters. The van der Waals surface area contributed by atoms with Crippen molar-refractivity contribution in [2.75, 3.05) is 26.3 Å². The Hall–Kier alpha value is -1.89. The zero-order chi connectivity index (χ0) is 18.1. The molecule has 0 radical (unpaired) electrons. The van der Waals surface area contributed by atoms with Crippen molar-refractivity contribution in [3.63, 3.8) is 0 Å². The lowest BCUT2D eigenvalue weighted by atomic mass is 9.72. The van der Waals surface area contributed by atoms with E-state index in [9.17, 15) is 9.90 Å². The van der Waals surface area contributed by atoms with Gasteiger partial charge in [0.2, 0.25) is 0 Å². The number of aromatic nitrogens is 2. The number of hydrogen-bond donors (Lipinski definition) is 1. The fourth-order valence-electron chi connectivity index (χ4n) is 4.29. The Kier molecular flexibility index (Phi) is 4.73. The molecule has 0 bridgehead atoms. The summed E-state index contributed by atoms with van der Waals surface area (Å²) in [6.07, 6.45) is 5.43. The predicted octanol–water partition coefficient (Wildman–Crippen LogP) is 2.84. The molecular weight excluding hydrogens is 354 g/mol. The Bertz CT molecular complexity index is 801.